The summed E-state index contributed by atoms with van der Waals surface area (Å²) in [5, 5.41) is 8.07. The lowest BCUT2D eigenvalue weighted by Crippen LogP contribution is -1.88. The summed E-state index contributed by atoms with van der Waals surface area (Å²) in [4.78, 5) is 0. The molecule has 0 bridgehead atoms. The van der Waals surface area contributed by atoms with Gasteiger partial charge in [-0.2, -0.15) is 5.26 Å². The molecule has 0 saturated heterocycles. The maximum Gasteiger partial charge on any atom is 0.0621 e. The normalized spacial score (nSPS) is 8.50. The van der Waals surface area contributed by atoms with Crippen molar-refractivity contribution in [2.45, 2.75) is 25.7 Å². The maximum atomic E-state index is 8.07. The molecule has 0 rings (SSSR count). The zero-order valence-corrected chi connectivity index (χ0v) is 4.93. The summed E-state index contributed by atoms with van der Waals surface area (Å²) in [5.74, 6) is 0. The van der Waals surface area contributed by atoms with Crippen molar-refractivity contribution in [2.24, 2.45) is 5.73 Å². The lowest BCUT2D eigenvalue weighted by atomic mass is 10.2. The number of nitriles is 1. The first-order valence-corrected chi connectivity index (χ1v) is 2.82. The fourth-order valence-corrected chi connectivity index (χ4v) is 0.466. The Bertz CT molecular complexity index is 73.1. The third-order valence-corrected chi connectivity index (χ3v) is 0.909. The van der Waals surface area contributed by atoms with Crippen LogP contribution in [0.5, 0.6) is 0 Å². The predicted octanol–water partition coefficient (Wildman–Crippen LogP) is 1.19. The summed E-state index contributed by atoms with van der Waals surface area (Å²) in [6, 6.07) is 2.07. The van der Waals surface area contributed by atoms with Gasteiger partial charge < -0.3 is 5.73 Å². The highest BCUT2D eigenvalue weighted by Gasteiger charge is 1.83. The predicted molar refractivity (Wildman–Crippen MR) is 32.6 cm³/mol. The summed E-state index contributed by atoms with van der Waals surface area (Å²) in [6.07, 6.45) is 3.61. The second-order valence-corrected chi connectivity index (χ2v) is 1.64. The van der Waals surface area contributed by atoms with Gasteiger partial charge in [-0.3, -0.25) is 0 Å². The van der Waals surface area contributed by atoms with Crippen molar-refractivity contribution >= 4 is 0 Å². The summed E-state index contributed by atoms with van der Waals surface area (Å²) >= 11 is 0. The number of hydrogen-bond acceptors (Lipinski definition) is 2. The number of hydrogen-bond donors (Lipinski definition) is 1. The molecular weight excluding hydrogens is 100 g/mol. The van der Waals surface area contributed by atoms with Gasteiger partial charge in [-0.25, -0.2) is 0 Å². The number of unbranched alkanes of at least 4 members (excludes halogenated alkanes) is 3. The van der Waals surface area contributed by atoms with E-state index in [0.29, 0.717) is 6.42 Å². The molecule has 0 aliphatic carbocycles. The van der Waals surface area contributed by atoms with E-state index in [-0.39, 0.29) is 0 Å². The van der Waals surface area contributed by atoms with Gasteiger partial charge >= 0.3 is 0 Å². The van der Waals surface area contributed by atoms with Gasteiger partial charge in [0.2, 0.25) is 0 Å². The fraction of sp³-hybridized carbons (Fsp3) is 0.667. The van der Waals surface area contributed by atoms with Gasteiger partial charge in [0.15, 0.2) is 0 Å². The van der Waals surface area contributed by atoms with Gasteiger partial charge in [-0.05, 0) is 12.8 Å². The van der Waals surface area contributed by atoms with E-state index in [1.54, 1.807) is 6.54 Å². The average molecular weight is 111 g/mol. The Labute approximate surface area is 50.3 Å². The molecule has 1 radical (unpaired) electrons. The first kappa shape index (κ1) is 7.45. The SMILES string of the molecule is N#CCCCC[CH]N. The number of rotatable bonds is 4. The molecule has 2 nitrogen and oxygen atoms in total. The average Bonchev–Trinajstić information content (AvgIpc) is 1.81. The van der Waals surface area contributed by atoms with E-state index in [4.69, 9.17) is 11.0 Å². The Morgan fingerprint density at radius 2 is 2.25 bits per heavy atom. The van der Waals surface area contributed by atoms with Crippen molar-refractivity contribution in [3.05, 3.63) is 6.54 Å². The zero-order valence-electron chi connectivity index (χ0n) is 4.93. The van der Waals surface area contributed by atoms with E-state index < -0.39 is 0 Å². The van der Waals surface area contributed by atoms with Gasteiger partial charge in [0.1, 0.15) is 0 Å². The van der Waals surface area contributed by atoms with Crippen LogP contribution in [0.2, 0.25) is 0 Å². The van der Waals surface area contributed by atoms with Crippen LogP contribution in [-0.4, -0.2) is 0 Å². The zero-order chi connectivity index (χ0) is 6.24. The van der Waals surface area contributed by atoms with Crippen molar-refractivity contribution in [3.8, 4) is 6.07 Å². The van der Waals surface area contributed by atoms with Gasteiger partial charge in [-0.15, -0.1) is 0 Å². The van der Waals surface area contributed by atoms with Gasteiger partial charge in [-0.1, -0.05) is 6.42 Å². The van der Waals surface area contributed by atoms with Gasteiger partial charge in [0, 0.05) is 13.0 Å². The van der Waals surface area contributed by atoms with E-state index >= 15 is 0 Å². The smallest absolute Gasteiger partial charge is 0.0621 e. The van der Waals surface area contributed by atoms with Crippen molar-refractivity contribution in [2.75, 3.05) is 0 Å². The topological polar surface area (TPSA) is 49.8 Å². The molecule has 2 heteroatoms. The van der Waals surface area contributed by atoms with Crippen LogP contribution < -0.4 is 5.73 Å². The number of nitrogens with zero attached hydrogens (tertiary/aromatic N) is 1. The largest absolute Gasteiger partial charge is 0.326 e. The first-order valence-electron chi connectivity index (χ1n) is 2.82. The quantitative estimate of drug-likeness (QED) is 0.554. The van der Waals surface area contributed by atoms with Crippen LogP contribution in [0.15, 0.2) is 0 Å². The van der Waals surface area contributed by atoms with Crippen LogP contribution in [0.25, 0.3) is 0 Å². The molecule has 0 aromatic rings. The maximum absolute atomic E-state index is 8.07. The molecule has 0 fully saturated rings. The standard InChI is InChI=1S/C6H11N2/c7-5-3-1-2-4-6-8/h5H,1-4,7H2. The van der Waals surface area contributed by atoms with Crippen LogP contribution in [0.3, 0.4) is 0 Å². The molecule has 0 amide bonds. The third kappa shape index (κ3) is 5.45. The Hall–Kier alpha value is -0.550. The molecule has 45 valence electrons. The molecule has 8 heavy (non-hydrogen) atoms. The summed E-state index contributed by atoms with van der Waals surface area (Å²) in [6.45, 7) is 1.64. The lowest BCUT2D eigenvalue weighted by molar-refractivity contribution is 0.739. The molecule has 0 heterocycles. The molecule has 0 aromatic carbocycles. The second kappa shape index (κ2) is 6.45. The minimum Gasteiger partial charge on any atom is -0.326 e. The summed E-state index contributed by atoms with van der Waals surface area (Å²) < 4.78 is 0. The van der Waals surface area contributed by atoms with Crippen molar-refractivity contribution in [3.63, 3.8) is 0 Å². The Morgan fingerprint density at radius 3 is 2.75 bits per heavy atom. The molecule has 0 aliphatic heterocycles. The van der Waals surface area contributed by atoms with E-state index in [0.717, 1.165) is 19.3 Å². The van der Waals surface area contributed by atoms with Crippen LogP contribution >= 0.6 is 0 Å². The highest BCUT2D eigenvalue weighted by molar-refractivity contribution is 4.68. The van der Waals surface area contributed by atoms with Gasteiger partial charge in [0.25, 0.3) is 0 Å². The number of nitrogens with two attached hydrogens (primary N) is 1. The van der Waals surface area contributed by atoms with E-state index in [1.807, 2.05) is 0 Å². The van der Waals surface area contributed by atoms with E-state index in [9.17, 15) is 0 Å². The molecule has 0 unspecified atom stereocenters. The molecule has 0 atom stereocenters. The molecule has 0 saturated carbocycles. The second-order valence-electron chi connectivity index (χ2n) is 1.64. The van der Waals surface area contributed by atoms with Crippen molar-refractivity contribution in [1.29, 1.82) is 5.26 Å². The minimum atomic E-state index is 0.661. The Kier molecular flexibility index (Phi) is 6.01. The lowest BCUT2D eigenvalue weighted by Gasteiger charge is -1.89. The molecule has 2 N–H and O–H groups in total. The molecule has 0 spiro atoms. The molecule has 0 aliphatic rings. The summed E-state index contributed by atoms with van der Waals surface area (Å²) in [5.41, 5.74) is 5.10. The van der Waals surface area contributed by atoms with E-state index in [2.05, 4.69) is 6.07 Å². The third-order valence-electron chi connectivity index (χ3n) is 0.909. The highest BCUT2D eigenvalue weighted by Crippen LogP contribution is 1.97. The van der Waals surface area contributed by atoms with Crippen LogP contribution in [0, 0.1) is 17.9 Å². The molecular formula is C6H11N2. The Balaban J connectivity index is 2.65. The highest BCUT2D eigenvalue weighted by atomic mass is 14.5. The Morgan fingerprint density at radius 1 is 1.50 bits per heavy atom. The molecule has 0 aromatic heterocycles. The van der Waals surface area contributed by atoms with Crippen LogP contribution in [0.4, 0.5) is 0 Å². The van der Waals surface area contributed by atoms with Crippen LogP contribution in [0.1, 0.15) is 25.7 Å². The monoisotopic (exact) mass is 111 g/mol. The van der Waals surface area contributed by atoms with Crippen molar-refractivity contribution < 1.29 is 0 Å². The first-order chi connectivity index (χ1) is 3.91. The summed E-state index contributed by atoms with van der Waals surface area (Å²) in [7, 11) is 0. The van der Waals surface area contributed by atoms with Crippen LogP contribution in [-0.2, 0) is 0 Å². The van der Waals surface area contributed by atoms with E-state index in [1.165, 1.54) is 0 Å². The fourth-order valence-electron chi connectivity index (χ4n) is 0.466. The van der Waals surface area contributed by atoms with Gasteiger partial charge in [0.05, 0.1) is 6.07 Å². The van der Waals surface area contributed by atoms with Crippen molar-refractivity contribution in [1.82, 2.24) is 0 Å². The minimum absolute atomic E-state index is 0.661.